The molecule has 24 heavy (non-hydrogen) atoms. The molecule has 126 valence electrons. The van der Waals surface area contributed by atoms with Gasteiger partial charge in [0.05, 0.1) is 12.4 Å². The summed E-state index contributed by atoms with van der Waals surface area (Å²) in [7, 11) is 1.67. The minimum absolute atomic E-state index is 0.561. The Kier molecular flexibility index (Phi) is 5.78. The van der Waals surface area contributed by atoms with E-state index in [4.69, 9.17) is 9.26 Å². The molecule has 0 fully saturated rings. The number of benzene rings is 1. The van der Waals surface area contributed by atoms with Gasteiger partial charge in [0.2, 0.25) is 16.8 Å². The summed E-state index contributed by atoms with van der Waals surface area (Å²) in [4.78, 5) is 4.43. The van der Waals surface area contributed by atoms with Crippen molar-refractivity contribution in [2.75, 3.05) is 25.6 Å². The van der Waals surface area contributed by atoms with Gasteiger partial charge in [-0.1, -0.05) is 52.0 Å². The van der Waals surface area contributed by atoms with Gasteiger partial charge in [0.1, 0.15) is 0 Å². The maximum absolute atomic E-state index is 5.31. The van der Waals surface area contributed by atoms with Crippen molar-refractivity contribution in [2.45, 2.75) is 17.0 Å². The van der Waals surface area contributed by atoms with E-state index in [2.05, 4.69) is 25.7 Å². The summed E-state index contributed by atoms with van der Waals surface area (Å²) in [6, 6.07) is 8.02. The average molecular weight is 363 g/mol. The molecule has 0 unspecified atom stereocenters. The number of anilines is 1. The zero-order valence-corrected chi connectivity index (χ0v) is 15.0. The summed E-state index contributed by atoms with van der Waals surface area (Å²) < 4.78 is 11.1. The monoisotopic (exact) mass is 363 g/mol. The fraction of sp³-hybridized carbons (Fsp3) is 0.333. The first-order valence-corrected chi connectivity index (χ1v) is 9.13. The SMILES string of the molecule is COCCNc1nnc(SCc2nc(-c3cccc(C)c3)no2)s1. The first kappa shape index (κ1) is 16.9. The number of methoxy groups -OCH3 is 1. The molecule has 1 aromatic carbocycles. The van der Waals surface area contributed by atoms with Gasteiger partial charge in [0, 0.05) is 19.2 Å². The average Bonchev–Trinajstić information content (AvgIpc) is 3.22. The molecular weight excluding hydrogens is 346 g/mol. The molecule has 0 atom stereocenters. The van der Waals surface area contributed by atoms with E-state index in [0.717, 1.165) is 20.6 Å². The van der Waals surface area contributed by atoms with Crippen LogP contribution in [-0.4, -0.2) is 40.6 Å². The third-order valence-corrected chi connectivity index (χ3v) is 5.05. The summed E-state index contributed by atoms with van der Waals surface area (Å²) >= 11 is 3.01. The van der Waals surface area contributed by atoms with Crippen LogP contribution in [0.1, 0.15) is 11.5 Å². The summed E-state index contributed by atoms with van der Waals surface area (Å²) in [5, 5.41) is 16.2. The molecule has 2 aromatic heterocycles. The highest BCUT2D eigenvalue weighted by Crippen LogP contribution is 2.28. The maximum Gasteiger partial charge on any atom is 0.237 e. The van der Waals surface area contributed by atoms with Crippen LogP contribution in [0.15, 0.2) is 33.1 Å². The number of aromatic nitrogens is 4. The Hall–Kier alpha value is -1.97. The summed E-state index contributed by atoms with van der Waals surface area (Å²) in [6.07, 6.45) is 0. The van der Waals surface area contributed by atoms with E-state index >= 15 is 0 Å². The van der Waals surface area contributed by atoms with E-state index in [0.29, 0.717) is 30.6 Å². The fourth-order valence-corrected chi connectivity index (χ4v) is 3.55. The van der Waals surface area contributed by atoms with Gasteiger partial charge in [0.15, 0.2) is 4.34 Å². The highest BCUT2D eigenvalue weighted by atomic mass is 32.2. The van der Waals surface area contributed by atoms with Crippen molar-refractivity contribution in [1.82, 2.24) is 20.3 Å². The molecule has 1 N–H and O–H groups in total. The predicted octanol–water partition coefficient (Wildman–Crippen LogP) is 3.25. The first-order chi connectivity index (χ1) is 11.7. The lowest BCUT2D eigenvalue weighted by Crippen LogP contribution is -2.06. The molecule has 0 aliphatic carbocycles. The van der Waals surface area contributed by atoms with Crippen LogP contribution in [0.2, 0.25) is 0 Å². The molecule has 0 saturated heterocycles. The number of thioether (sulfide) groups is 1. The molecule has 0 bridgehead atoms. The second-order valence-corrected chi connectivity index (χ2v) is 7.16. The van der Waals surface area contributed by atoms with Gasteiger partial charge < -0.3 is 14.6 Å². The topological polar surface area (TPSA) is 86.0 Å². The molecule has 0 aliphatic rings. The molecule has 0 aliphatic heterocycles. The Morgan fingerprint density at radius 3 is 3.08 bits per heavy atom. The van der Waals surface area contributed by atoms with Crippen LogP contribution in [0.5, 0.6) is 0 Å². The highest BCUT2D eigenvalue weighted by molar-refractivity contribution is 8.00. The highest BCUT2D eigenvalue weighted by Gasteiger charge is 2.11. The van der Waals surface area contributed by atoms with E-state index in [1.54, 1.807) is 7.11 Å². The Morgan fingerprint density at radius 1 is 1.33 bits per heavy atom. The standard InChI is InChI=1S/C15H17N5O2S2/c1-10-4-3-5-11(8-10)13-17-12(22-20-13)9-23-15-19-18-14(24-15)16-6-7-21-2/h3-5,8H,6-7,9H2,1-2H3,(H,16,18). The van der Waals surface area contributed by atoms with Crippen molar-refractivity contribution in [3.63, 3.8) is 0 Å². The Bertz CT molecular complexity index is 790. The lowest BCUT2D eigenvalue weighted by molar-refractivity contribution is 0.211. The molecule has 0 spiro atoms. The third kappa shape index (κ3) is 4.53. The second kappa shape index (κ2) is 8.22. The van der Waals surface area contributed by atoms with Gasteiger partial charge in [-0.15, -0.1) is 10.2 Å². The van der Waals surface area contributed by atoms with E-state index < -0.39 is 0 Å². The van der Waals surface area contributed by atoms with Crippen LogP contribution < -0.4 is 5.32 Å². The molecule has 7 nitrogen and oxygen atoms in total. The number of hydrogen-bond acceptors (Lipinski definition) is 9. The zero-order chi connectivity index (χ0) is 16.8. The summed E-state index contributed by atoms with van der Waals surface area (Å²) in [6.45, 7) is 3.37. The number of nitrogens with one attached hydrogen (secondary N) is 1. The maximum atomic E-state index is 5.31. The van der Waals surface area contributed by atoms with E-state index in [1.807, 2.05) is 31.2 Å². The Morgan fingerprint density at radius 2 is 2.25 bits per heavy atom. The minimum atomic E-state index is 0.561. The number of aryl methyl sites for hydroxylation is 1. The fourth-order valence-electron chi connectivity index (χ4n) is 1.94. The van der Waals surface area contributed by atoms with E-state index in [9.17, 15) is 0 Å². The van der Waals surface area contributed by atoms with Crippen LogP contribution in [-0.2, 0) is 10.5 Å². The number of hydrogen-bond donors (Lipinski definition) is 1. The van der Waals surface area contributed by atoms with Crippen molar-refractivity contribution in [3.8, 4) is 11.4 Å². The molecular formula is C15H17N5O2S2. The van der Waals surface area contributed by atoms with Crippen molar-refractivity contribution in [3.05, 3.63) is 35.7 Å². The number of rotatable bonds is 8. The summed E-state index contributed by atoms with van der Waals surface area (Å²) in [5.41, 5.74) is 2.12. The van der Waals surface area contributed by atoms with Gasteiger partial charge >= 0.3 is 0 Å². The second-order valence-electron chi connectivity index (χ2n) is 4.96. The largest absolute Gasteiger partial charge is 0.383 e. The predicted molar refractivity (Wildman–Crippen MR) is 94.3 cm³/mol. The number of ether oxygens (including phenoxy) is 1. The molecule has 0 saturated carbocycles. The minimum Gasteiger partial charge on any atom is -0.383 e. The first-order valence-electron chi connectivity index (χ1n) is 7.33. The number of nitrogens with zero attached hydrogens (tertiary/aromatic N) is 4. The molecule has 3 aromatic rings. The van der Waals surface area contributed by atoms with Crippen LogP contribution >= 0.6 is 23.1 Å². The Labute approximate surface area is 147 Å². The van der Waals surface area contributed by atoms with Gasteiger partial charge in [-0.2, -0.15) is 4.98 Å². The van der Waals surface area contributed by atoms with E-state index in [-0.39, 0.29) is 0 Å². The van der Waals surface area contributed by atoms with Crippen LogP contribution in [0.25, 0.3) is 11.4 Å². The van der Waals surface area contributed by atoms with Crippen molar-refractivity contribution in [1.29, 1.82) is 0 Å². The van der Waals surface area contributed by atoms with Crippen LogP contribution in [0, 0.1) is 6.92 Å². The quantitative estimate of drug-likeness (QED) is 0.482. The van der Waals surface area contributed by atoms with Gasteiger partial charge in [-0.3, -0.25) is 0 Å². The van der Waals surface area contributed by atoms with Gasteiger partial charge in [0.25, 0.3) is 0 Å². The third-order valence-electron chi connectivity index (χ3n) is 3.05. The Balaban J connectivity index is 1.56. The van der Waals surface area contributed by atoms with Crippen molar-refractivity contribution >= 4 is 28.2 Å². The van der Waals surface area contributed by atoms with Crippen molar-refractivity contribution in [2.24, 2.45) is 0 Å². The normalized spacial score (nSPS) is 10.9. The molecule has 0 amide bonds. The zero-order valence-electron chi connectivity index (χ0n) is 13.4. The van der Waals surface area contributed by atoms with Crippen LogP contribution in [0.3, 0.4) is 0 Å². The van der Waals surface area contributed by atoms with Crippen molar-refractivity contribution < 1.29 is 9.26 Å². The lowest BCUT2D eigenvalue weighted by Gasteiger charge is -1.98. The van der Waals surface area contributed by atoms with Gasteiger partial charge in [-0.05, 0) is 13.0 Å². The molecule has 9 heteroatoms. The molecule has 3 rings (SSSR count). The van der Waals surface area contributed by atoms with Gasteiger partial charge in [-0.25, -0.2) is 0 Å². The lowest BCUT2D eigenvalue weighted by atomic mass is 10.1. The summed E-state index contributed by atoms with van der Waals surface area (Å²) in [5.74, 6) is 1.74. The van der Waals surface area contributed by atoms with Crippen LogP contribution in [0.4, 0.5) is 5.13 Å². The van der Waals surface area contributed by atoms with E-state index in [1.165, 1.54) is 23.1 Å². The molecule has 0 radical (unpaired) electrons. The molecule has 2 heterocycles. The smallest absolute Gasteiger partial charge is 0.237 e.